The number of rotatable bonds is 8. The summed E-state index contributed by atoms with van der Waals surface area (Å²) in [6.45, 7) is 5.43. The van der Waals surface area contributed by atoms with Gasteiger partial charge in [-0.2, -0.15) is 0 Å². The number of benzene rings is 1. The second kappa shape index (κ2) is 9.05. The van der Waals surface area contributed by atoms with Crippen LogP contribution in [0.15, 0.2) is 47.0 Å². The van der Waals surface area contributed by atoms with Gasteiger partial charge in [0.05, 0.1) is 5.02 Å². The van der Waals surface area contributed by atoms with Gasteiger partial charge in [-0.1, -0.05) is 18.2 Å². The quantitative estimate of drug-likeness (QED) is 0.737. The summed E-state index contributed by atoms with van der Waals surface area (Å²) in [6, 6.07) is 7.17. The largest absolute Gasteiger partial charge is 0.484 e. The third-order valence-corrected chi connectivity index (χ3v) is 3.56. The van der Waals surface area contributed by atoms with Crippen molar-refractivity contribution in [2.45, 2.75) is 13.3 Å². The first-order valence-electron chi connectivity index (χ1n) is 7.75. The summed E-state index contributed by atoms with van der Waals surface area (Å²) in [6.07, 6.45) is 0.340. The highest BCUT2D eigenvalue weighted by molar-refractivity contribution is 6.30. The van der Waals surface area contributed by atoms with E-state index in [1.54, 1.807) is 19.1 Å². The number of aryl methyl sites for hydroxylation is 1. The molecular formula is C18H18ClFN2O4. The van der Waals surface area contributed by atoms with Crippen molar-refractivity contribution in [3.8, 4) is 5.75 Å². The number of furan rings is 1. The molecule has 1 aromatic heterocycles. The fourth-order valence-electron chi connectivity index (χ4n) is 1.98. The van der Waals surface area contributed by atoms with Crippen LogP contribution < -0.4 is 15.4 Å². The molecule has 0 unspecified atom stereocenters. The Morgan fingerprint density at radius 3 is 2.73 bits per heavy atom. The second-order valence-corrected chi connectivity index (χ2v) is 5.84. The maximum absolute atomic E-state index is 13.3. The third-order valence-electron chi connectivity index (χ3n) is 3.25. The van der Waals surface area contributed by atoms with Gasteiger partial charge in [0.15, 0.2) is 12.4 Å². The zero-order valence-corrected chi connectivity index (χ0v) is 14.9. The second-order valence-electron chi connectivity index (χ2n) is 5.43. The monoisotopic (exact) mass is 380 g/mol. The standard InChI is InChI=1S/C18H18ClFN2O4/c1-11(7-8-21-18(24)16-6-3-12(2)26-16)22-17(23)10-25-13-4-5-14(19)15(20)9-13/h3-6,9H,1,7-8,10H2,2H3,(H,21,24)(H,22,23). The van der Waals surface area contributed by atoms with Gasteiger partial charge >= 0.3 is 0 Å². The molecule has 8 heteroatoms. The Kier molecular flexibility index (Phi) is 6.80. The molecule has 2 amide bonds. The van der Waals surface area contributed by atoms with Crippen LogP contribution in [0.25, 0.3) is 0 Å². The first kappa shape index (κ1) is 19.5. The fraction of sp³-hybridized carbons (Fsp3) is 0.222. The van der Waals surface area contributed by atoms with Crippen LogP contribution in [0.1, 0.15) is 22.7 Å². The SMILES string of the molecule is C=C(CCNC(=O)c1ccc(C)o1)NC(=O)COc1ccc(Cl)c(F)c1. The molecule has 2 rings (SSSR count). The van der Waals surface area contributed by atoms with Crippen LogP contribution in [0.5, 0.6) is 5.75 Å². The molecule has 1 heterocycles. The van der Waals surface area contributed by atoms with Crippen LogP contribution in [0, 0.1) is 12.7 Å². The minimum Gasteiger partial charge on any atom is -0.484 e. The molecule has 0 saturated heterocycles. The summed E-state index contributed by atoms with van der Waals surface area (Å²) < 4.78 is 23.6. The van der Waals surface area contributed by atoms with E-state index in [4.69, 9.17) is 20.8 Å². The van der Waals surface area contributed by atoms with Crippen molar-refractivity contribution in [3.63, 3.8) is 0 Å². The van der Waals surface area contributed by atoms with E-state index in [0.29, 0.717) is 17.9 Å². The first-order chi connectivity index (χ1) is 12.3. The van der Waals surface area contributed by atoms with E-state index in [-0.39, 0.29) is 35.6 Å². The molecule has 2 aromatic rings. The fourth-order valence-corrected chi connectivity index (χ4v) is 2.10. The molecule has 26 heavy (non-hydrogen) atoms. The zero-order valence-electron chi connectivity index (χ0n) is 14.1. The molecule has 0 aliphatic carbocycles. The molecule has 0 fully saturated rings. The van der Waals surface area contributed by atoms with E-state index in [0.717, 1.165) is 6.07 Å². The third kappa shape index (κ3) is 5.93. The number of halogens is 2. The van der Waals surface area contributed by atoms with Gasteiger partial charge in [-0.05, 0) is 31.2 Å². The molecule has 0 atom stereocenters. The molecule has 0 aliphatic heterocycles. The van der Waals surface area contributed by atoms with Crippen LogP contribution in [0.2, 0.25) is 5.02 Å². The van der Waals surface area contributed by atoms with Gasteiger partial charge in [0.1, 0.15) is 17.3 Å². The highest BCUT2D eigenvalue weighted by Crippen LogP contribution is 2.20. The van der Waals surface area contributed by atoms with Crippen molar-refractivity contribution in [3.05, 3.63) is 65.0 Å². The molecule has 0 spiro atoms. The van der Waals surface area contributed by atoms with E-state index < -0.39 is 11.7 Å². The van der Waals surface area contributed by atoms with Crippen LogP contribution >= 0.6 is 11.6 Å². The van der Waals surface area contributed by atoms with Gasteiger partial charge in [-0.3, -0.25) is 9.59 Å². The molecule has 138 valence electrons. The van der Waals surface area contributed by atoms with Crippen LogP contribution in [0.3, 0.4) is 0 Å². The number of ether oxygens (including phenoxy) is 1. The molecule has 0 bridgehead atoms. The average Bonchev–Trinajstić information content (AvgIpc) is 3.02. The summed E-state index contributed by atoms with van der Waals surface area (Å²) >= 11 is 5.57. The molecule has 2 N–H and O–H groups in total. The summed E-state index contributed by atoms with van der Waals surface area (Å²) in [7, 11) is 0. The van der Waals surface area contributed by atoms with E-state index in [1.807, 2.05) is 0 Å². The Morgan fingerprint density at radius 1 is 1.31 bits per heavy atom. The average molecular weight is 381 g/mol. The predicted octanol–water partition coefficient (Wildman–Crippen LogP) is 3.21. The number of nitrogens with one attached hydrogen (secondary N) is 2. The maximum Gasteiger partial charge on any atom is 0.287 e. The highest BCUT2D eigenvalue weighted by atomic mass is 35.5. The van der Waals surface area contributed by atoms with Crippen molar-refractivity contribution in [1.29, 1.82) is 0 Å². The van der Waals surface area contributed by atoms with Gasteiger partial charge in [-0.25, -0.2) is 4.39 Å². The number of carbonyl (C=O) groups is 2. The lowest BCUT2D eigenvalue weighted by Crippen LogP contribution is -2.30. The van der Waals surface area contributed by atoms with E-state index in [2.05, 4.69) is 17.2 Å². The molecule has 1 aromatic carbocycles. The zero-order chi connectivity index (χ0) is 19.1. The minimum absolute atomic E-state index is 0.0260. The molecular weight excluding hydrogens is 363 g/mol. The maximum atomic E-state index is 13.3. The normalized spacial score (nSPS) is 10.3. The van der Waals surface area contributed by atoms with E-state index in [9.17, 15) is 14.0 Å². The van der Waals surface area contributed by atoms with Gasteiger partial charge in [0.25, 0.3) is 11.8 Å². The number of hydrogen-bond acceptors (Lipinski definition) is 4. The lowest BCUT2D eigenvalue weighted by atomic mass is 10.3. The van der Waals surface area contributed by atoms with Crippen molar-refractivity contribution >= 4 is 23.4 Å². The lowest BCUT2D eigenvalue weighted by molar-refractivity contribution is -0.122. The van der Waals surface area contributed by atoms with Crippen molar-refractivity contribution in [1.82, 2.24) is 10.6 Å². The Bertz CT molecular complexity index is 819. The van der Waals surface area contributed by atoms with Crippen molar-refractivity contribution in [2.24, 2.45) is 0 Å². The first-order valence-corrected chi connectivity index (χ1v) is 8.13. The smallest absolute Gasteiger partial charge is 0.287 e. The Morgan fingerprint density at radius 2 is 2.08 bits per heavy atom. The van der Waals surface area contributed by atoms with Crippen molar-refractivity contribution < 1.29 is 23.1 Å². The van der Waals surface area contributed by atoms with Gasteiger partial charge in [-0.15, -0.1) is 0 Å². The highest BCUT2D eigenvalue weighted by Gasteiger charge is 2.10. The van der Waals surface area contributed by atoms with Gasteiger partial charge < -0.3 is 19.8 Å². The molecule has 0 aliphatic rings. The van der Waals surface area contributed by atoms with Crippen molar-refractivity contribution in [2.75, 3.05) is 13.2 Å². The number of hydrogen-bond donors (Lipinski definition) is 2. The van der Waals surface area contributed by atoms with Crippen LogP contribution in [-0.4, -0.2) is 25.0 Å². The summed E-state index contributed by atoms with van der Waals surface area (Å²) in [4.78, 5) is 23.6. The molecule has 0 radical (unpaired) electrons. The topological polar surface area (TPSA) is 80.6 Å². The Labute approximate surface area is 155 Å². The minimum atomic E-state index is -0.628. The van der Waals surface area contributed by atoms with Gasteiger partial charge in [0.2, 0.25) is 0 Å². The van der Waals surface area contributed by atoms with E-state index in [1.165, 1.54) is 12.1 Å². The Balaban J connectivity index is 1.67. The number of amides is 2. The molecule has 6 nitrogen and oxygen atoms in total. The van der Waals surface area contributed by atoms with Crippen LogP contribution in [0.4, 0.5) is 4.39 Å². The number of carbonyl (C=O) groups excluding carboxylic acids is 2. The summed E-state index contributed by atoms with van der Waals surface area (Å²) in [5, 5.41) is 5.17. The molecule has 0 saturated carbocycles. The lowest BCUT2D eigenvalue weighted by Gasteiger charge is -2.10. The predicted molar refractivity (Wildman–Crippen MR) is 94.6 cm³/mol. The van der Waals surface area contributed by atoms with E-state index >= 15 is 0 Å². The summed E-state index contributed by atoms with van der Waals surface area (Å²) in [5.74, 6) is -0.359. The summed E-state index contributed by atoms with van der Waals surface area (Å²) in [5.41, 5.74) is 0.414. The van der Waals surface area contributed by atoms with Crippen LogP contribution in [-0.2, 0) is 4.79 Å². The Hall–Kier alpha value is -2.80. The van der Waals surface area contributed by atoms with Gasteiger partial charge in [0, 0.05) is 24.7 Å².